The number of carbonyl (C=O) groups is 1. The number of nitrogens with two attached hydrogens (primary N) is 1. The highest BCUT2D eigenvalue weighted by Gasteiger charge is 2.10. The van der Waals surface area contributed by atoms with Crippen molar-refractivity contribution in [2.75, 3.05) is 5.32 Å². The van der Waals surface area contributed by atoms with E-state index in [-0.39, 0.29) is 11.7 Å². The Labute approximate surface area is 99.1 Å². The van der Waals surface area contributed by atoms with Crippen molar-refractivity contribution in [3.8, 4) is 5.75 Å². The highest BCUT2D eigenvalue weighted by Crippen LogP contribution is 2.29. The molecule has 1 amide bonds. The maximum absolute atomic E-state index is 11.5. The lowest BCUT2D eigenvalue weighted by Gasteiger charge is -2.11. The van der Waals surface area contributed by atoms with Crippen LogP contribution in [0.15, 0.2) is 36.4 Å². The van der Waals surface area contributed by atoms with Gasteiger partial charge in [-0.15, -0.1) is 0 Å². The van der Waals surface area contributed by atoms with Gasteiger partial charge in [-0.3, -0.25) is 4.79 Å². The van der Waals surface area contributed by atoms with E-state index in [0.717, 1.165) is 5.39 Å². The van der Waals surface area contributed by atoms with Crippen LogP contribution in [0.25, 0.3) is 10.8 Å². The molecule has 0 aromatic heterocycles. The smallest absolute Gasteiger partial charge is 0.241 e. The largest absolute Gasteiger partial charge is 0.507 e. The Hall–Kier alpha value is -2.07. The van der Waals surface area contributed by atoms with E-state index in [4.69, 9.17) is 5.73 Å². The second kappa shape index (κ2) is 4.43. The summed E-state index contributed by atoms with van der Waals surface area (Å²) in [4.78, 5) is 11.5. The van der Waals surface area contributed by atoms with E-state index in [2.05, 4.69) is 5.32 Å². The normalized spacial score (nSPS) is 12.4. The Kier molecular flexibility index (Phi) is 2.97. The molecule has 0 bridgehead atoms. The first-order chi connectivity index (χ1) is 8.09. The summed E-state index contributed by atoms with van der Waals surface area (Å²) in [5, 5.41) is 13.9. The minimum atomic E-state index is -0.567. The van der Waals surface area contributed by atoms with Crippen molar-refractivity contribution in [1.29, 1.82) is 0 Å². The van der Waals surface area contributed by atoms with Gasteiger partial charge in [0.1, 0.15) is 5.75 Å². The van der Waals surface area contributed by atoms with Gasteiger partial charge in [0.15, 0.2) is 0 Å². The summed E-state index contributed by atoms with van der Waals surface area (Å²) >= 11 is 0. The van der Waals surface area contributed by atoms with E-state index >= 15 is 0 Å². The van der Waals surface area contributed by atoms with Crippen LogP contribution >= 0.6 is 0 Å². The lowest BCUT2D eigenvalue weighted by molar-refractivity contribution is -0.117. The van der Waals surface area contributed by atoms with Gasteiger partial charge in [0.2, 0.25) is 5.91 Å². The van der Waals surface area contributed by atoms with Crippen molar-refractivity contribution in [1.82, 2.24) is 0 Å². The Morgan fingerprint density at radius 1 is 1.24 bits per heavy atom. The summed E-state index contributed by atoms with van der Waals surface area (Å²) in [6.45, 7) is 1.62. The molecule has 2 rings (SSSR count). The summed E-state index contributed by atoms with van der Waals surface area (Å²) in [7, 11) is 0. The third-order valence-electron chi connectivity index (χ3n) is 2.57. The van der Waals surface area contributed by atoms with Crippen LogP contribution in [0.2, 0.25) is 0 Å². The lowest BCUT2D eigenvalue weighted by Crippen LogP contribution is -2.32. The minimum absolute atomic E-state index is 0.194. The molecule has 0 radical (unpaired) electrons. The SMILES string of the molecule is CC(N)C(=O)Nc1cccc2c(O)cccc12. The second-order valence-electron chi connectivity index (χ2n) is 3.96. The summed E-state index contributed by atoms with van der Waals surface area (Å²) in [5.41, 5.74) is 6.15. The average molecular weight is 230 g/mol. The zero-order valence-corrected chi connectivity index (χ0v) is 9.47. The van der Waals surface area contributed by atoms with Crippen molar-refractivity contribution < 1.29 is 9.90 Å². The molecule has 88 valence electrons. The van der Waals surface area contributed by atoms with Crippen molar-refractivity contribution in [3.05, 3.63) is 36.4 Å². The van der Waals surface area contributed by atoms with Crippen LogP contribution in [0.1, 0.15) is 6.92 Å². The Morgan fingerprint density at radius 2 is 1.88 bits per heavy atom. The molecule has 1 unspecified atom stereocenters. The monoisotopic (exact) mass is 230 g/mol. The number of hydrogen-bond donors (Lipinski definition) is 3. The molecule has 0 saturated heterocycles. The number of benzene rings is 2. The van der Waals surface area contributed by atoms with Crippen LogP contribution < -0.4 is 11.1 Å². The maximum atomic E-state index is 11.5. The molecule has 2 aromatic rings. The number of aromatic hydroxyl groups is 1. The van der Waals surface area contributed by atoms with Gasteiger partial charge in [-0.1, -0.05) is 24.3 Å². The van der Waals surface area contributed by atoms with Crippen LogP contribution in [0, 0.1) is 0 Å². The Bertz CT molecular complexity index is 564. The number of phenols is 1. The first-order valence-electron chi connectivity index (χ1n) is 5.37. The lowest BCUT2D eigenvalue weighted by atomic mass is 10.1. The molecule has 0 aliphatic heterocycles. The van der Waals surface area contributed by atoms with Gasteiger partial charge >= 0.3 is 0 Å². The standard InChI is InChI=1S/C13H14N2O2/c1-8(14)13(17)15-11-6-2-5-10-9(11)4-3-7-12(10)16/h2-8,16H,14H2,1H3,(H,15,17). The predicted octanol–water partition coefficient (Wildman–Crippen LogP) is 1.83. The second-order valence-corrected chi connectivity index (χ2v) is 3.96. The predicted molar refractivity (Wildman–Crippen MR) is 67.9 cm³/mol. The number of rotatable bonds is 2. The van der Waals surface area contributed by atoms with Gasteiger partial charge in [0, 0.05) is 16.5 Å². The van der Waals surface area contributed by atoms with Crippen molar-refractivity contribution in [3.63, 3.8) is 0 Å². The maximum Gasteiger partial charge on any atom is 0.241 e. The minimum Gasteiger partial charge on any atom is -0.507 e. The van der Waals surface area contributed by atoms with Crippen molar-refractivity contribution in [2.45, 2.75) is 13.0 Å². The Balaban J connectivity index is 2.48. The molecule has 0 spiro atoms. The molecule has 0 aliphatic carbocycles. The van der Waals surface area contributed by atoms with Crippen LogP contribution in [0.5, 0.6) is 5.75 Å². The van der Waals surface area contributed by atoms with E-state index in [1.54, 1.807) is 37.3 Å². The molecular weight excluding hydrogens is 216 g/mol. The fourth-order valence-corrected chi connectivity index (χ4v) is 1.65. The molecule has 4 heteroatoms. The molecule has 0 saturated carbocycles. The van der Waals surface area contributed by atoms with Crippen molar-refractivity contribution >= 4 is 22.4 Å². The number of nitrogens with one attached hydrogen (secondary N) is 1. The van der Waals surface area contributed by atoms with Gasteiger partial charge in [0.25, 0.3) is 0 Å². The third kappa shape index (κ3) is 2.21. The number of amides is 1. The van der Waals surface area contributed by atoms with Crippen LogP contribution in [-0.4, -0.2) is 17.1 Å². The fourth-order valence-electron chi connectivity index (χ4n) is 1.65. The van der Waals surface area contributed by atoms with E-state index in [0.29, 0.717) is 11.1 Å². The number of anilines is 1. The molecule has 0 fully saturated rings. The van der Waals surface area contributed by atoms with Gasteiger partial charge in [-0.05, 0) is 19.1 Å². The van der Waals surface area contributed by atoms with Crippen LogP contribution in [-0.2, 0) is 4.79 Å². The highest BCUT2D eigenvalue weighted by molar-refractivity contribution is 6.05. The number of hydrogen-bond acceptors (Lipinski definition) is 3. The zero-order valence-electron chi connectivity index (χ0n) is 9.47. The van der Waals surface area contributed by atoms with Crippen molar-refractivity contribution in [2.24, 2.45) is 5.73 Å². The zero-order chi connectivity index (χ0) is 12.4. The molecule has 4 N–H and O–H groups in total. The van der Waals surface area contributed by atoms with E-state index in [1.807, 2.05) is 6.07 Å². The Morgan fingerprint density at radius 3 is 2.59 bits per heavy atom. The van der Waals surface area contributed by atoms with Crippen LogP contribution in [0.4, 0.5) is 5.69 Å². The van der Waals surface area contributed by atoms with Gasteiger partial charge in [0.05, 0.1) is 6.04 Å². The van der Waals surface area contributed by atoms with E-state index < -0.39 is 6.04 Å². The number of carbonyl (C=O) groups excluding carboxylic acids is 1. The topological polar surface area (TPSA) is 75.4 Å². The number of fused-ring (bicyclic) bond motifs is 1. The summed E-state index contributed by atoms with van der Waals surface area (Å²) in [5.74, 6) is -0.0553. The molecule has 17 heavy (non-hydrogen) atoms. The summed E-state index contributed by atoms with van der Waals surface area (Å²) in [6.07, 6.45) is 0. The molecule has 4 nitrogen and oxygen atoms in total. The number of phenolic OH excluding ortho intramolecular Hbond substituents is 1. The quantitative estimate of drug-likeness (QED) is 0.736. The summed E-state index contributed by atoms with van der Waals surface area (Å²) in [6, 6.07) is 9.97. The van der Waals surface area contributed by atoms with Gasteiger partial charge in [-0.25, -0.2) is 0 Å². The molecule has 0 aliphatic rings. The average Bonchev–Trinajstić information content (AvgIpc) is 2.30. The van der Waals surface area contributed by atoms with E-state index in [9.17, 15) is 9.90 Å². The summed E-state index contributed by atoms with van der Waals surface area (Å²) < 4.78 is 0. The first kappa shape index (κ1) is 11.4. The van der Waals surface area contributed by atoms with E-state index in [1.165, 1.54) is 0 Å². The van der Waals surface area contributed by atoms with Gasteiger partial charge < -0.3 is 16.2 Å². The molecule has 1 atom stereocenters. The van der Waals surface area contributed by atoms with Gasteiger partial charge in [-0.2, -0.15) is 0 Å². The highest BCUT2D eigenvalue weighted by atomic mass is 16.3. The molecule has 0 heterocycles. The van der Waals surface area contributed by atoms with Crippen LogP contribution in [0.3, 0.4) is 0 Å². The first-order valence-corrected chi connectivity index (χ1v) is 5.37. The third-order valence-corrected chi connectivity index (χ3v) is 2.57. The molecular formula is C13H14N2O2. The molecule has 2 aromatic carbocycles. The fraction of sp³-hybridized carbons (Fsp3) is 0.154.